The highest BCUT2D eigenvalue weighted by Gasteiger charge is 2.37. The lowest BCUT2D eigenvalue weighted by Crippen LogP contribution is -2.30. The molecular formula is C18H16O2. The Morgan fingerprint density at radius 2 is 1.95 bits per heavy atom. The highest BCUT2D eigenvalue weighted by atomic mass is 16.5. The predicted octanol–water partition coefficient (Wildman–Crippen LogP) is 4.86. The molecule has 0 amide bonds. The maximum Gasteiger partial charge on any atom is 0.135 e. The van der Waals surface area contributed by atoms with Crippen LogP contribution in [-0.2, 0) is 6.42 Å². The summed E-state index contributed by atoms with van der Waals surface area (Å²) in [5.41, 5.74) is 3.83. The Labute approximate surface area is 117 Å². The molecule has 3 aromatic rings. The van der Waals surface area contributed by atoms with Gasteiger partial charge in [-0.2, -0.15) is 0 Å². The number of rotatable bonds is 1. The van der Waals surface area contributed by atoms with Crippen molar-refractivity contribution in [2.24, 2.45) is 0 Å². The van der Waals surface area contributed by atoms with Gasteiger partial charge >= 0.3 is 0 Å². The van der Waals surface area contributed by atoms with E-state index in [0.717, 1.165) is 34.3 Å². The van der Waals surface area contributed by atoms with Gasteiger partial charge in [0.05, 0.1) is 0 Å². The second kappa shape index (κ2) is 3.66. The Kier molecular flexibility index (Phi) is 2.12. The van der Waals surface area contributed by atoms with Crippen molar-refractivity contribution in [1.29, 1.82) is 0 Å². The average Bonchev–Trinajstić information content (AvgIpc) is 2.95. The van der Waals surface area contributed by atoms with Gasteiger partial charge in [0.25, 0.3) is 0 Å². The van der Waals surface area contributed by atoms with E-state index in [-0.39, 0.29) is 5.60 Å². The Morgan fingerprint density at radius 1 is 1.15 bits per heavy atom. The van der Waals surface area contributed by atoms with Gasteiger partial charge in [0, 0.05) is 22.8 Å². The fraction of sp³-hybridized carbons (Fsp3) is 0.222. The molecule has 0 bridgehead atoms. The van der Waals surface area contributed by atoms with Gasteiger partial charge in [0.1, 0.15) is 22.5 Å². The number of ether oxygens (including phenoxy) is 1. The first kappa shape index (κ1) is 11.6. The van der Waals surface area contributed by atoms with Crippen LogP contribution in [0.1, 0.15) is 19.4 Å². The summed E-state index contributed by atoms with van der Waals surface area (Å²) in [5, 5.41) is 2.34. The topological polar surface area (TPSA) is 22.4 Å². The molecule has 1 atom stereocenters. The first-order chi connectivity index (χ1) is 9.58. The van der Waals surface area contributed by atoms with Gasteiger partial charge < -0.3 is 9.15 Å². The lowest BCUT2D eigenvalue weighted by atomic mass is 9.91. The van der Waals surface area contributed by atoms with Gasteiger partial charge in [0.2, 0.25) is 0 Å². The monoisotopic (exact) mass is 264 g/mol. The van der Waals surface area contributed by atoms with E-state index >= 15 is 0 Å². The average molecular weight is 264 g/mol. The van der Waals surface area contributed by atoms with Gasteiger partial charge in [-0.05, 0) is 37.6 Å². The van der Waals surface area contributed by atoms with Crippen molar-refractivity contribution in [3.63, 3.8) is 0 Å². The molecule has 0 spiro atoms. The van der Waals surface area contributed by atoms with Crippen LogP contribution in [0.4, 0.5) is 0 Å². The summed E-state index contributed by atoms with van der Waals surface area (Å²) in [5.74, 6) is 0.953. The maximum absolute atomic E-state index is 6.14. The summed E-state index contributed by atoms with van der Waals surface area (Å²) in [6.07, 6.45) is 0.846. The van der Waals surface area contributed by atoms with Gasteiger partial charge in [-0.15, -0.1) is 0 Å². The van der Waals surface area contributed by atoms with E-state index in [4.69, 9.17) is 9.15 Å². The fourth-order valence-corrected chi connectivity index (χ4v) is 2.99. The van der Waals surface area contributed by atoms with E-state index in [1.165, 1.54) is 10.9 Å². The molecule has 20 heavy (non-hydrogen) atoms. The second-order valence-corrected chi connectivity index (χ2v) is 5.80. The quantitative estimate of drug-likeness (QED) is 0.586. The van der Waals surface area contributed by atoms with Crippen LogP contribution in [0.15, 0.2) is 53.0 Å². The van der Waals surface area contributed by atoms with E-state index in [2.05, 4.69) is 19.6 Å². The predicted molar refractivity (Wildman–Crippen MR) is 81.3 cm³/mol. The van der Waals surface area contributed by atoms with E-state index in [9.17, 15) is 0 Å². The van der Waals surface area contributed by atoms with Crippen molar-refractivity contribution in [3.8, 4) is 5.75 Å². The fourth-order valence-electron chi connectivity index (χ4n) is 2.99. The molecule has 1 aliphatic rings. The molecule has 0 saturated heterocycles. The highest BCUT2D eigenvalue weighted by Crippen LogP contribution is 2.44. The minimum Gasteiger partial charge on any atom is -0.483 e. The largest absolute Gasteiger partial charge is 0.483 e. The molecular weight excluding hydrogens is 248 g/mol. The molecule has 1 aliphatic heterocycles. The van der Waals surface area contributed by atoms with E-state index in [0.29, 0.717) is 0 Å². The molecule has 0 radical (unpaired) electrons. The van der Waals surface area contributed by atoms with Crippen LogP contribution in [-0.4, -0.2) is 5.60 Å². The van der Waals surface area contributed by atoms with Crippen molar-refractivity contribution in [1.82, 2.24) is 0 Å². The van der Waals surface area contributed by atoms with Crippen LogP contribution >= 0.6 is 0 Å². The summed E-state index contributed by atoms with van der Waals surface area (Å²) in [4.78, 5) is 0. The summed E-state index contributed by atoms with van der Waals surface area (Å²) >= 11 is 0. The zero-order valence-corrected chi connectivity index (χ0v) is 11.7. The molecule has 0 saturated carbocycles. The summed E-state index contributed by atoms with van der Waals surface area (Å²) in [6, 6.07) is 12.2. The molecule has 2 heteroatoms. The standard InChI is InChI=1S/C18H16O2/c1-11(2)18(3)10-13-15(20-18)8-9-16-17(13)12-6-4-5-7-14(12)19-16/h4-9H,1,10H2,2-3H3. The molecule has 4 rings (SSSR count). The number of para-hydroxylation sites is 1. The number of furan rings is 1. The van der Waals surface area contributed by atoms with Crippen LogP contribution < -0.4 is 4.74 Å². The molecule has 1 unspecified atom stereocenters. The molecule has 0 aliphatic carbocycles. The Bertz CT molecular complexity index is 856. The Hall–Kier alpha value is -2.22. The van der Waals surface area contributed by atoms with Crippen LogP contribution in [0.25, 0.3) is 21.9 Å². The third-order valence-electron chi connectivity index (χ3n) is 4.36. The van der Waals surface area contributed by atoms with Crippen molar-refractivity contribution >= 4 is 21.9 Å². The number of fused-ring (bicyclic) bond motifs is 5. The third-order valence-corrected chi connectivity index (χ3v) is 4.36. The minimum absolute atomic E-state index is 0.311. The minimum atomic E-state index is -0.311. The Morgan fingerprint density at radius 3 is 2.75 bits per heavy atom. The molecule has 100 valence electrons. The smallest absolute Gasteiger partial charge is 0.135 e. The summed E-state index contributed by atoms with van der Waals surface area (Å²) in [6.45, 7) is 8.20. The highest BCUT2D eigenvalue weighted by molar-refractivity contribution is 6.07. The van der Waals surface area contributed by atoms with E-state index in [1.54, 1.807) is 0 Å². The molecule has 0 fully saturated rings. The second-order valence-electron chi connectivity index (χ2n) is 5.80. The molecule has 0 N–H and O–H groups in total. The van der Waals surface area contributed by atoms with Crippen molar-refractivity contribution in [2.45, 2.75) is 25.9 Å². The van der Waals surface area contributed by atoms with E-state index < -0.39 is 0 Å². The van der Waals surface area contributed by atoms with Crippen LogP contribution in [0, 0.1) is 0 Å². The summed E-state index contributed by atoms with van der Waals surface area (Å²) < 4.78 is 12.1. The van der Waals surface area contributed by atoms with Crippen molar-refractivity contribution < 1.29 is 9.15 Å². The van der Waals surface area contributed by atoms with Crippen LogP contribution in [0.3, 0.4) is 0 Å². The number of hydrogen-bond acceptors (Lipinski definition) is 2. The van der Waals surface area contributed by atoms with Crippen LogP contribution in [0.5, 0.6) is 5.75 Å². The van der Waals surface area contributed by atoms with Crippen molar-refractivity contribution in [2.75, 3.05) is 0 Å². The number of benzene rings is 2. The SMILES string of the molecule is C=C(C)C1(C)Cc2c(ccc3oc4ccccc4c23)O1. The lowest BCUT2D eigenvalue weighted by Gasteiger charge is -2.23. The lowest BCUT2D eigenvalue weighted by molar-refractivity contribution is 0.157. The van der Waals surface area contributed by atoms with E-state index in [1.807, 2.05) is 37.3 Å². The van der Waals surface area contributed by atoms with Gasteiger partial charge in [-0.3, -0.25) is 0 Å². The van der Waals surface area contributed by atoms with Gasteiger partial charge in [-0.25, -0.2) is 0 Å². The zero-order chi connectivity index (χ0) is 13.9. The first-order valence-corrected chi connectivity index (χ1v) is 6.87. The van der Waals surface area contributed by atoms with Crippen LogP contribution in [0.2, 0.25) is 0 Å². The molecule has 2 heterocycles. The Balaban J connectivity index is 2.05. The normalized spacial score (nSPS) is 21.1. The summed E-state index contributed by atoms with van der Waals surface area (Å²) in [7, 11) is 0. The zero-order valence-electron chi connectivity index (χ0n) is 11.7. The molecule has 1 aromatic heterocycles. The molecule has 2 nitrogen and oxygen atoms in total. The third kappa shape index (κ3) is 1.39. The van der Waals surface area contributed by atoms with Crippen molar-refractivity contribution in [3.05, 3.63) is 54.1 Å². The maximum atomic E-state index is 6.14. The molecule has 2 aromatic carbocycles. The number of hydrogen-bond donors (Lipinski definition) is 0. The first-order valence-electron chi connectivity index (χ1n) is 6.87. The van der Waals surface area contributed by atoms with Gasteiger partial charge in [0.15, 0.2) is 0 Å². The van der Waals surface area contributed by atoms with Gasteiger partial charge in [-0.1, -0.05) is 24.8 Å².